The Bertz CT molecular complexity index is 484. The number of phenols is 1. The van der Waals surface area contributed by atoms with Crippen molar-refractivity contribution < 1.29 is 19.4 Å². The molecule has 22 heavy (non-hydrogen) atoms. The summed E-state index contributed by atoms with van der Waals surface area (Å²) in [6.07, 6.45) is -0.435. The molecule has 0 aliphatic heterocycles. The molecule has 0 radical (unpaired) electrons. The van der Waals surface area contributed by atoms with Gasteiger partial charge < -0.3 is 25.2 Å². The standard InChI is InChI=1S/C16H26N2O4/c1-5-21-13-8-6-7-12(14(13)19)11-17-9-10-18-15(20)22-16(2,3)4/h6-8,17,19H,5,9-11H2,1-4H3,(H,18,20). The van der Waals surface area contributed by atoms with Crippen LogP contribution in [0.15, 0.2) is 18.2 Å². The van der Waals surface area contributed by atoms with E-state index in [1.807, 2.05) is 39.8 Å². The first-order valence-corrected chi connectivity index (χ1v) is 7.44. The summed E-state index contributed by atoms with van der Waals surface area (Å²) in [6.45, 7) is 9.33. The van der Waals surface area contributed by atoms with Crippen molar-refractivity contribution >= 4 is 6.09 Å². The molecule has 0 heterocycles. The summed E-state index contributed by atoms with van der Waals surface area (Å²) in [5.74, 6) is 0.630. The number of para-hydroxylation sites is 1. The number of hydrogen-bond acceptors (Lipinski definition) is 5. The lowest BCUT2D eigenvalue weighted by Gasteiger charge is -2.19. The van der Waals surface area contributed by atoms with E-state index in [9.17, 15) is 9.90 Å². The number of alkyl carbamates (subject to hydrolysis) is 1. The molecule has 0 spiro atoms. The zero-order valence-electron chi connectivity index (χ0n) is 13.7. The van der Waals surface area contributed by atoms with Gasteiger partial charge in [0.05, 0.1) is 6.61 Å². The molecule has 1 aromatic rings. The summed E-state index contributed by atoms with van der Waals surface area (Å²) in [4.78, 5) is 11.4. The second-order valence-electron chi connectivity index (χ2n) is 5.80. The maximum Gasteiger partial charge on any atom is 0.407 e. The number of amides is 1. The molecule has 124 valence electrons. The average Bonchev–Trinajstić information content (AvgIpc) is 2.40. The van der Waals surface area contributed by atoms with E-state index < -0.39 is 11.7 Å². The van der Waals surface area contributed by atoms with Gasteiger partial charge in [0.15, 0.2) is 11.5 Å². The van der Waals surface area contributed by atoms with Gasteiger partial charge in [0.25, 0.3) is 0 Å². The molecule has 1 aromatic carbocycles. The van der Waals surface area contributed by atoms with Gasteiger partial charge in [-0.05, 0) is 33.8 Å². The van der Waals surface area contributed by atoms with Crippen LogP contribution in [0.1, 0.15) is 33.3 Å². The fourth-order valence-corrected chi connectivity index (χ4v) is 1.77. The van der Waals surface area contributed by atoms with Crippen molar-refractivity contribution in [2.75, 3.05) is 19.7 Å². The Morgan fingerprint density at radius 2 is 2.00 bits per heavy atom. The van der Waals surface area contributed by atoms with Crippen LogP contribution in [0.2, 0.25) is 0 Å². The molecule has 0 atom stereocenters. The number of carbonyl (C=O) groups excluding carboxylic acids is 1. The molecule has 3 N–H and O–H groups in total. The van der Waals surface area contributed by atoms with Gasteiger partial charge in [0, 0.05) is 25.2 Å². The number of aromatic hydroxyl groups is 1. The van der Waals surface area contributed by atoms with Gasteiger partial charge in [0.2, 0.25) is 0 Å². The summed E-state index contributed by atoms with van der Waals surface area (Å²) in [5, 5.41) is 15.8. The monoisotopic (exact) mass is 310 g/mol. The van der Waals surface area contributed by atoms with Crippen LogP contribution in [-0.2, 0) is 11.3 Å². The van der Waals surface area contributed by atoms with Crippen molar-refractivity contribution in [3.63, 3.8) is 0 Å². The van der Waals surface area contributed by atoms with Gasteiger partial charge in [-0.1, -0.05) is 12.1 Å². The molecule has 0 saturated heterocycles. The van der Waals surface area contributed by atoms with E-state index in [1.54, 1.807) is 6.07 Å². The third-order valence-electron chi connectivity index (χ3n) is 2.67. The number of rotatable bonds is 7. The fraction of sp³-hybridized carbons (Fsp3) is 0.562. The highest BCUT2D eigenvalue weighted by Crippen LogP contribution is 2.29. The largest absolute Gasteiger partial charge is 0.504 e. The van der Waals surface area contributed by atoms with Crippen molar-refractivity contribution in [2.24, 2.45) is 0 Å². The lowest BCUT2D eigenvalue weighted by atomic mass is 10.2. The Labute approximate surface area is 131 Å². The number of benzene rings is 1. The molecular weight excluding hydrogens is 284 g/mol. The molecule has 0 aliphatic carbocycles. The van der Waals surface area contributed by atoms with Crippen LogP contribution in [-0.4, -0.2) is 36.5 Å². The zero-order chi connectivity index (χ0) is 16.6. The summed E-state index contributed by atoms with van der Waals surface area (Å²) in [5.41, 5.74) is 0.256. The minimum Gasteiger partial charge on any atom is -0.504 e. The van der Waals surface area contributed by atoms with Crippen LogP contribution in [0.25, 0.3) is 0 Å². The normalized spacial score (nSPS) is 11.1. The number of carbonyl (C=O) groups is 1. The molecule has 0 unspecified atom stereocenters. The van der Waals surface area contributed by atoms with Crippen molar-refractivity contribution in [1.82, 2.24) is 10.6 Å². The SMILES string of the molecule is CCOc1cccc(CNCCNC(=O)OC(C)(C)C)c1O. The maximum absolute atomic E-state index is 11.4. The highest BCUT2D eigenvalue weighted by Gasteiger charge is 2.15. The minimum absolute atomic E-state index is 0.150. The first-order valence-electron chi connectivity index (χ1n) is 7.44. The predicted molar refractivity (Wildman–Crippen MR) is 85.2 cm³/mol. The van der Waals surface area contributed by atoms with Gasteiger partial charge in [-0.3, -0.25) is 0 Å². The van der Waals surface area contributed by atoms with E-state index >= 15 is 0 Å². The van der Waals surface area contributed by atoms with Crippen molar-refractivity contribution in [2.45, 2.75) is 39.8 Å². The van der Waals surface area contributed by atoms with Gasteiger partial charge in [0.1, 0.15) is 5.60 Å². The molecule has 0 aliphatic rings. The first kappa shape index (κ1) is 18.1. The fourth-order valence-electron chi connectivity index (χ4n) is 1.77. The summed E-state index contributed by atoms with van der Waals surface area (Å²) in [6, 6.07) is 5.39. The van der Waals surface area contributed by atoms with E-state index in [0.717, 1.165) is 5.56 Å². The molecule has 0 bridgehead atoms. The molecule has 0 aromatic heterocycles. The number of nitrogens with one attached hydrogen (secondary N) is 2. The minimum atomic E-state index is -0.497. The predicted octanol–water partition coefficient (Wildman–Crippen LogP) is 2.41. The quantitative estimate of drug-likeness (QED) is 0.674. The molecular formula is C16H26N2O4. The van der Waals surface area contributed by atoms with Crippen molar-refractivity contribution in [3.05, 3.63) is 23.8 Å². The van der Waals surface area contributed by atoms with Crippen LogP contribution in [0, 0.1) is 0 Å². The Morgan fingerprint density at radius 1 is 1.27 bits per heavy atom. The van der Waals surface area contributed by atoms with E-state index in [1.165, 1.54) is 0 Å². The highest BCUT2D eigenvalue weighted by molar-refractivity contribution is 5.67. The highest BCUT2D eigenvalue weighted by atomic mass is 16.6. The Hall–Kier alpha value is -1.95. The van der Waals surface area contributed by atoms with Crippen LogP contribution in [0.3, 0.4) is 0 Å². The number of ether oxygens (including phenoxy) is 2. The third-order valence-corrected chi connectivity index (χ3v) is 2.67. The van der Waals surface area contributed by atoms with Crippen LogP contribution in [0.5, 0.6) is 11.5 Å². The van der Waals surface area contributed by atoms with Gasteiger partial charge >= 0.3 is 6.09 Å². The van der Waals surface area contributed by atoms with Crippen LogP contribution < -0.4 is 15.4 Å². The second-order valence-corrected chi connectivity index (χ2v) is 5.80. The molecule has 6 heteroatoms. The Balaban J connectivity index is 2.31. The average molecular weight is 310 g/mol. The number of hydrogen-bond donors (Lipinski definition) is 3. The topological polar surface area (TPSA) is 79.8 Å². The molecule has 1 rings (SSSR count). The maximum atomic E-state index is 11.4. The lowest BCUT2D eigenvalue weighted by molar-refractivity contribution is 0.0528. The van der Waals surface area contributed by atoms with Gasteiger partial charge in [-0.25, -0.2) is 4.79 Å². The van der Waals surface area contributed by atoms with Crippen molar-refractivity contribution in [1.29, 1.82) is 0 Å². The second kappa shape index (κ2) is 8.48. The third kappa shape index (κ3) is 6.67. The Morgan fingerprint density at radius 3 is 2.64 bits per heavy atom. The van der Waals surface area contributed by atoms with Crippen LogP contribution in [0.4, 0.5) is 4.79 Å². The number of phenolic OH excluding ortho intramolecular Hbond substituents is 1. The summed E-state index contributed by atoms with van der Waals surface area (Å²) < 4.78 is 10.5. The first-order chi connectivity index (χ1) is 10.3. The molecule has 0 fully saturated rings. The zero-order valence-corrected chi connectivity index (χ0v) is 13.7. The summed E-state index contributed by atoms with van der Waals surface area (Å²) >= 11 is 0. The van der Waals surface area contributed by atoms with E-state index in [2.05, 4.69) is 10.6 Å². The molecule has 6 nitrogen and oxygen atoms in total. The molecule has 1 amide bonds. The smallest absolute Gasteiger partial charge is 0.407 e. The lowest BCUT2D eigenvalue weighted by Crippen LogP contribution is -2.36. The van der Waals surface area contributed by atoms with E-state index in [4.69, 9.17) is 9.47 Å². The van der Waals surface area contributed by atoms with E-state index in [0.29, 0.717) is 32.0 Å². The van der Waals surface area contributed by atoms with Crippen LogP contribution >= 0.6 is 0 Å². The molecule has 0 saturated carbocycles. The Kier molecular flexibility index (Phi) is 6.98. The summed E-state index contributed by atoms with van der Waals surface area (Å²) in [7, 11) is 0. The van der Waals surface area contributed by atoms with Crippen molar-refractivity contribution in [3.8, 4) is 11.5 Å². The van der Waals surface area contributed by atoms with Gasteiger partial charge in [-0.15, -0.1) is 0 Å². The van der Waals surface area contributed by atoms with E-state index in [-0.39, 0.29) is 5.75 Å². The van der Waals surface area contributed by atoms with Gasteiger partial charge in [-0.2, -0.15) is 0 Å².